The van der Waals surface area contributed by atoms with Crippen LogP contribution in [0, 0.1) is 29.1 Å². The van der Waals surface area contributed by atoms with Gasteiger partial charge < -0.3 is 10.4 Å². The van der Waals surface area contributed by atoms with E-state index in [2.05, 4.69) is 0 Å². The number of carbonyl (C=O) groups excluding carboxylic acids is 1. The first-order chi connectivity index (χ1) is 9.82. The average Bonchev–Trinajstić information content (AvgIpc) is 2.46. The molecule has 0 bridgehead atoms. The molecule has 2 N–H and O–H groups in total. The number of nitrogens with one attached hydrogen (secondary N) is 1. The predicted molar refractivity (Wildman–Crippen MR) is 62.3 cm³/mol. The van der Waals surface area contributed by atoms with Crippen LogP contribution in [0.2, 0.25) is 0 Å². The van der Waals surface area contributed by atoms with E-state index in [0.717, 1.165) is 12.1 Å². The molecular formula is C13H6F5NO2. The monoisotopic (exact) mass is 303 g/mol. The molecule has 110 valence electrons. The van der Waals surface area contributed by atoms with E-state index in [0.29, 0.717) is 0 Å². The molecule has 0 saturated heterocycles. The Bertz CT molecular complexity index is 686. The van der Waals surface area contributed by atoms with E-state index in [1.165, 1.54) is 12.1 Å². The van der Waals surface area contributed by atoms with Crippen LogP contribution in [-0.4, -0.2) is 11.0 Å². The number of hydrogen-bond donors (Lipinski definition) is 2. The largest absolute Gasteiger partial charge is 0.508 e. The lowest BCUT2D eigenvalue weighted by Gasteiger charge is -2.09. The van der Waals surface area contributed by atoms with E-state index in [4.69, 9.17) is 5.11 Å². The van der Waals surface area contributed by atoms with Gasteiger partial charge in [-0.05, 0) is 24.3 Å². The molecule has 0 heterocycles. The normalized spacial score (nSPS) is 10.5. The Balaban J connectivity index is 2.42. The molecule has 3 nitrogen and oxygen atoms in total. The van der Waals surface area contributed by atoms with Gasteiger partial charge in [-0.2, -0.15) is 0 Å². The molecule has 1 amide bonds. The first-order valence-electron chi connectivity index (χ1n) is 5.44. The summed E-state index contributed by atoms with van der Waals surface area (Å²) in [6.07, 6.45) is 0. The van der Waals surface area contributed by atoms with E-state index in [1.807, 2.05) is 5.32 Å². The molecule has 0 spiro atoms. The molecule has 2 rings (SSSR count). The highest BCUT2D eigenvalue weighted by molar-refractivity contribution is 6.04. The highest BCUT2D eigenvalue weighted by Gasteiger charge is 2.29. The van der Waals surface area contributed by atoms with E-state index in [-0.39, 0.29) is 11.4 Å². The molecule has 2 aromatic rings. The van der Waals surface area contributed by atoms with Gasteiger partial charge in [0.1, 0.15) is 11.3 Å². The Morgan fingerprint density at radius 3 is 1.71 bits per heavy atom. The van der Waals surface area contributed by atoms with Crippen molar-refractivity contribution in [2.24, 2.45) is 0 Å². The summed E-state index contributed by atoms with van der Waals surface area (Å²) in [4.78, 5) is 11.6. The molecule has 0 aliphatic carbocycles. The van der Waals surface area contributed by atoms with Gasteiger partial charge in [-0.25, -0.2) is 22.0 Å². The zero-order valence-electron chi connectivity index (χ0n) is 10.1. The summed E-state index contributed by atoms with van der Waals surface area (Å²) in [5.74, 6) is -12.8. The molecular weight excluding hydrogens is 297 g/mol. The van der Waals surface area contributed by atoms with Crippen LogP contribution in [0.4, 0.5) is 27.6 Å². The molecule has 8 heteroatoms. The quantitative estimate of drug-likeness (QED) is 0.387. The van der Waals surface area contributed by atoms with E-state index in [1.54, 1.807) is 0 Å². The van der Waals surface area contributed by atoms with Crippen molar-refractivity contribution in [1.29, 1.82) is 0 Å². The molecule has 21 heavy (non-hydrogen) atoms. The molecule has 0 aliphatic heterocycles. The summed E-state index contributed by atoms with van der Waals surface area (Å²) < 4.78 is 65.6. The Morgan fingerprint density at radius 2 is 1.24 bits per heavy atom. The van der Waals surface area contributed by atoms with E-state index >= 15 is 0 Å². The van der Waals surface area contributed by atoms with Crippen molar-refractivity contribution >= 4 is 11.6 Å². The fraction of sp³-hybridized carbons (Fsp3) is 0. The van der Waals surface area contributed by atoms with Gasteiger partial charge >= 0.3 is 0 Å². The molecule has 0 aliphatic rings. The van der Waals surface area contributed by atoms with Gasteiger partial charge in [-0.3, -0.25) is 4.79 Å². The van der Waals surface area contributed by atoms with Gasteiger partial charge in [0.25, 0.3) is 5.91 Å². The topological polar surface area (TPSA) is 49.3 Å². The third-order valence-corrected chi connectivity index (χ3v) is 2.56. The lowest BCUT2D eigenvalue weighted by atomic mass is 10.1. The van der Waals surface area contributed by atoms with Crippen LogP contribution < -0.4 is 5.32 Å². The minimum Gasteiger partial charge on any atom is -0.508 e. The Kier molecular flexibility index (Phi) is 3.79. The number of anilines is 1. The summed E-state index contributed by atoms with van der Waals surface area (Å²) in [7, 11) is 0. The number of rotatable bonds is 2. The first kappa shape index (κ1) is 14.8. The third-order valence-electron chi connectivity index (χ3n) is 2.56. The molecule has 0 unspecified atom stereocenters. The van der Waals surface area contributed by atoms with Crippen LogP contribution >= 0.6 is 0 Å². The number of aromatic hydroxyl groups is 1. The standard InChI is InChI=1S/C13H6F5NO2/c14-8-7(9(15)11(17)12(18)10(8)16)13(21)19-5-1-3-6(20)4-2-5/h1-4,20H,(H,19,21). The molecule has 0 saturated carbocycles. The van der Waals surface area contributed by atoms with Gasteiger partial charge in [0, 0.05) is 5.69 Å². The van der Waals surface area contributed by atoms with Gasteiger partial charge in [-0.1, -0.05) is 0 Å². The Morgan fingerprint density at radius 1 is 0.810 bits per heavy atom. The second-order valence-corrected chi connectivity index (χ2v) is 3.95. The predicted octanol–water partition coefficient (Wildman–Crippen LogP) is 3.34. The zero-order valence-corrected chi connectivity index (χ0v) is 10.1. The van der Waals surface area contributed by atoms with Crippen LogP contribution in [0.3, 0.4) is 0 Å². The minimum absolute atomic E-state index is 0.00161. The third kappa shape index (κ3) is 2.64. The number of amides is 1. The summed E-state index contributed by atoms with van der Waals surface area (Å²) in [5.41, 5.74) is -1.58. The Labute approximate surface area is 114 Å². The van der Waals surface area contributed by atoms with Gasteiger partial charge in [-0.15, -0.1) is 0 Å². The molecule has 0 fully saturated rings. The summed E-state index contributed by atoms with van der Waals surface area (Å²) in [6, 6.07) is 4.68. The SMILES string of the molecule is O=C(Nc1ccc(O)cc1)c1c(F)c(F)c(F)c(F)c1F. The van der Waals surface area contributed by atoms with Gasteiger partial charge in [0.05, 0.1) is 0 Å². The van der Waals surface area contributed by atoms with E-state index in [9.17, 15) is 26.7 Å². The number of hydrogen-bond acceptors (Lipinski definition) is 2. The van der Waals surface area contributed by atoms with Crippen molar-refractivity contribution in [3.05, 3.63) is 58.9 Å². The second kappa shape index (κ2) is 5.39. The van der Waals surface area contributed by atoms with Crippen LogP contribution in [0.1, 0.15) is 10.4 Å². The van der Waals surface area contributed by atoms with Crippen molar-refractivity contribution < 1.29 is 31.9 Å². The molecule has 0 aromatic heterocycles. The lowest BCUT2D eigenvalue weighted by Crippen LogP contribution is -2.19. The fourth-order valence-corrected chi connectivity index (χ4v) is 1.54. The maximum Gasteiger partial charge on any atom is 0.261 e. The average molecular weight is 303 g/mol. The van der Waals surface area contributed by atoms with Crippen LogP contribution in [0.5, 0.6) is 5.75 Å². The second-order valence-electron chi connectivity index (χ2n) is 3.95. The Hall–Kier alpha value is -2.64. The highest BCUT2D eigenvalue weighted by Crippen LogP contribution is 2.24. The number of phenolic OH excluding ortho intramolecular Hbond substituents is 1. The number of halogens is 5. The summed E-state index contributed by atoms with van der Waals surface area (Å²) in [5, 5.41) is 11.0. The molecule has 0 atom stereocenters. The van der Waals surface area contributed by atoms with Crippen LogP contribution in [-0.2, 0) is 0 Å². The smallest absolute Gasteiger partial charge is 0.261 e. The maximum atomic E-state index is 13.4. The van der Waals surface area contributed by atoms with Crippen LogP contribution in [0.25, 0.3) is 0 Å². The highest BCUT2D eigenvalue weighted by atomic mass is 19.2. The van der Waals surface area contributed by atoms with Crippen molar-refractivity contribution in [2.75, 3.05) is 5.32 Å². The molecule has 0 radical (unpaired) electrons. The summed E-state index contributed by atoms with van der Waals surface area (Å²) >= 11 is 0. The maximum absolute atomic E-state index is 13.4. The zero-order chi connectivity index (χ0) is 15.7. The summed E-state index contributed by atoms with van der Waals surface area (Å²) in [6.45, 7) is 0. The minimum atomic E-state index is -2.34. The number of carbonyl (C=O) groups is 1. The van der Waals surface area contributed by atoms with Gasteiger partial charge in [0.15, 0.2) is 23.3 Å². The number of phenols is 1. The van der Waals surface area contributed by atoms with Crippen LogP contribution in [0.15, 0.2) is 24.3 Å². The number of benzene rings is 2. The molecule has 2 aromatic carbocycles. The van der Waals surface area contributed by atoms with Crippen molar-refractivity contribution in [2.45, 2.75) is 0 Å². The van der Waals surface area contributed by atoms with Crippen molar-refractivity contribution in [1.82, 2.24) is 0 Å². The van der Waals surface area contributed by atoms with E-state index < -0.39 is 40.6 Å². The first-order valence-corrected chi connectivity index (χ1v) is 5.44. The van der Waals surface area contributed by atoms with Crippen molar-refractivity contribution in [3.63, 3.8) is 0 Å². The van der Waals surface area contributed by atoms with Crippen molar-refractivity contribution in [3.8, 4) is 5.75 Å². The lowest BCUT2D eigenvalue weighted by molar-refractivity contribution is 0.101. The van der Waals surface area contributed by atoms with Gasteiger partial charge in [0.2, 0.25) is 5.82 Å². The fourth-order valence-electron chi connectivity index (χ4n) is 1.54.